The SMILES string of the molecule is O=Cc1cc(Br)cc(Oc2cccnc2)c1. The number of aromatic nitrogens is 1. The molecule has 0 aliphatic carbocycles. The first-order chi connectivity index (χ1) is 7.78. The van der Waals surface area contributed by atoms with Crippen LogP contribution in [-0.4, -0.2) is 11.3 Å². The van der Waals surface area contributed by atoms with Crippen molar-refractivity contribution >= 4 is 22.2 Å². The second-order valence-electron chi connectivity index (χ2n) is 3.13. The van der Waals surface area contributed by atoms with Crippen LogP contribution in [0.3, 0.4) is 0 Å². The van der Waals surface area contributed by atoms with Gasteiger partial charge in [0.25, 0.3) is 0 Å². The Kier molecular flexibility index (Phi) is 3.31. The molecule has 1 aromatic heterocycles. The Bertz CT molecular complexity index is 500. The largest absolute Gasteiger partial charge is 0.456 e. The molecule has 16 heavy (non-hydrogen) atoms. The lowest BCUT2D eigenvalue weighted by molar-refractivity contribution is 0.112. The highest BCUT2D eigenvalue weighted by Crippen LogP contribution is 2.25. The number of rotatable bonds is 3. The van der Waals surface area contributed by atoms with Gasteiger partial charge in [-0.25, -0.2) is 0 Å². The predicted molar refractivity (Wildman–Crippen MR) is 63.8 cm³/mol. The summed E-state index contributed by atoms with van der Waals surface area (Å²) in [6.45, 7) is 0. The Labute approximate surface area is 101 Å². The minimum atomic E-state index is 0.563. The van der Waals surface area contributed by atoms with Gasteiger partial charge in [-0.05, 0) is 30.3 Å². The molecule has 1 heterocycles. The fourth-order valence-corrected chi connectivity index (χ4v) is 1.74. The number of nitrogens with zero attached hydrogens (tertiary/aromatic N) is 1. The topological polar surface area (TPSA) is 39.2 Å². The lowest BCUT2D eigenvalue weighted by Gasteiger charge is -2.05. The van der Waals surface area contributed by atoms with E-state index in [9.17, 15) is 4.79 Å². The van der Waals surface area contributed by atoms with E-state index >= 15 is 0 Å². The molecule has 2 rings (SSSR count). The molecule has 3 nitrogen and oxygen atoms in total. The first-order valence-corrected chi connectivity index (χ1v) is 5.41. The Hall–Kier alpha value is -1.68. The molecule has 2 aromatic rings. The number of hydrogen-bond donors (Lipinski definition) is 0. The molecule has 0 radical (unpaired) electrons. The van der Waals surface area contributed by atoms with Gasteiger partial charge in [-0.15, -0.1) is 0 Å². The number of hydrogen-bond acceptors (Lipinski definition) is 3. The molecular formula is C12H8BrNO2. The van der Waals surface area contributed by atoms with Gasteiger partial charge in [-0.3, -0.25) is 9.78 Å². The third-order valence-electron chi connectivity index (χ3n) is 1.90. The highest BCUT2D eigenvalue weighted by Gasteiger charge is 2.01. The second-order valence-corrected chi connectivity index (χ2v) is 4.04. The first-order valence-electron chi connectivity index (χ1n) is 4.61. The quantitative estimate of drug-likeness (QED) is 0.807. The van der Waals surface area contributed by atoms with Gasteiger partial charge in [0, 0.05) is 16.2 Å². The van der Waals surface area contributed by atoms with E-state index in [4.69, 9.17) is 4.74 Å². The van der Waals surface area contributed by atoms with Gasteiger partial charge in [0.05, 0.1) is 6.20 Å². The van der Waals surface area contributed by atoms with Crippen LogP contribution in [0.2, 0.25) is 0 Å². The van der Waals surface area contributed by atoms with Crippen LogP contribution in [0.25, 0.3) is 0 Å². The zero-order valence-corrected chi connectivity index (χ0v) is 9.85. The van der Waals surface area contributed by atoms with Crippen molar-refractivity contribution in [3.05, 3.63) is 52.8 Å². The molecule has 80 valence electrons. The summed E-state index contributed by atoms with van der Waals surface area (Å²) in [5.41, 5.74) is 0.563. The molecule has 0 bridgehead atoms. The average Bonchev–Trinajstić information content (AvgIpc) is 2.29. The van der Waals surface area contributed by atoms with Crippen LogP contribution in [0.5, 0.6) is 11.5 Å². The Balaban J connectivity index is 2.28. The molecule has 1 aromatic carbocycles. The van der Waals surface area contributed by atoms with Crippen molar-refractivity contribution in [3.63, 3.8) is 0 Å². The van der Waals surface area contributed by atoms with Crippen molar-refractivity contribution in [1.82, 2.24) is 4.98 Å². The summed E-state index contributed by atoms with van der Waals surface area (Å²) in [7, 11) is 0. The Morgan fingerprint density at radius 3 is 2.81 bits per heavy atom. The third kappa shape index (κ3) is 2.67. The monoisotopic (exact) mass is 277 g/mol. The number of carbonyl (C=O) groups excluding carboxylic acids is 1. The highest BCUT2D eigenvalue weighted by atomic mass is 79.9. The van der Waals surface area contributed by atoms with E-state index in [0.717, 1.165) is 10.8 Å². The second kappa shape index (κ2) is 4.90. The van der Waals surface area contributed by atoms with Gasteiger partial charge in [0.15, 0.2) is 0 Å². The predicted octanol–water partition coefficient (Wildman–Crippen LogP) is 3.45. The van der Waals surface area contributed by atoms with Crippen LogP contribution in [0.15, 0.2) is 47.2 Å². The van der Waals surface area contributed by atoms with Crippen molar-refractivity contribution in [2.45, 2.75) is 0 Å². The smallest absolute Gasteiger partial charge is 0.150 e. The van der Waals surface area contributed by atoms with E-state index in [1.165, 1.54) is 0 Å². The van der Waals surface area contributed by atoms with Gasteiger partial charge in [-0.1, -0.05) is 15.9 Å². The molecule has 0 saturated heterocycles. The molecule has 0 fully saturated rings. The number of carbonyl (C=O) groups is 1. The van der Waals surface area contributed by atoms with Crippen LogP contribution in [0, 0.1) is 0 Å². The summed E-state index contributed by atoms with van der Waals surface area (Å²) < 4.78 is 6.35. The fourth-order valence-electron chi connectivity index (χ4n) is 1.25. The lowest BCUT2D eigenvalue weighted by atomic mass is 10.2. The minimum absolute atomic E-state index is 0.563. The number of benzene rings is 1. The van der Waals surface area contributed by atoms with Crippen LogP contribution in [-0.2, 0) is 0 Å². The van der Waals surface area contributed by atoms with Crippen LogP contribution >= 0.6 is 15.9 Å². The minimum Gasteiger partial charge on any atom is -0.456 e. The zero-order chi connectivity index (χ0) is 11.4. The summed E-state index contributed by atoms with van der Waals surface area (Å²) in [6, 6.07) is 8.77. The van der Waals surface area contributed by atoms with E-state index < -0.39 is 0 Å². The normalized spacial score (nSPS) is 9.81. The van der Waals surface area contributed by atoms with Crippen molar-refractivity contribution in [1.29, 1.82) is 0 Å². The van der Waals surface area contributed by atoms with E-state index in [0.29, 0.717) is 17.1 Å². The molecule has 0 N–H and O–H groups in total. The fraction of sp³-hybridized carbons (Fsp3) is 0. The standard InChI is InChI=1S/C12H8BrNO2/c13-10-4-9(8-15)5-12(6-10)16-11-2-1-3-14-7-11/h1-8H. The van der Waals surface area contributed by atoms with Gasteiger partial charge in [0.1, 0.15) is 17.8 Å². The molecule has 0 unspecified atom stereocenters. The molecule has 0 saturated carbocycles. The summed E-state index contributed by atoms with van der Waals surface area (Å²) in [5.74, 6) is 1.24. The molecule has 0 amide bonds. The highest BCUT2D eigenvalue weighted by molar-refractivity contribution is 9.10. The summed E-state index contributed by atoms with van der Waals surface area (Å²) >= 11 is 3.31. The van der Waals surface area contributed by atoms with Gasteiger partial charge in [-0.2, -0.15) is 0 Å². The van der Waals surface area contributed by atoms with Gasteiger partial charge < -0.3 is 4.74 Å². The molecule has 0 aliphatic heterocycles. The molecule has 0 aliphatic rings. The maximum atomic E-state index is 10.7. The first kappa shape index (κ1) is 10.8. The summed E-state index contributed by atoms with van der Waals surface area (Å²) in [4.78, 5) is 14.6. The van der Waals surface area contributed by atoms with Gasteiger partial charge in [0.2, 0.25) is 0 Å². The van der Waals surface area contributed by atoms with Crippen LogP contribution < -0.4 is 4.74 Å². The molecule has 0 spiro atoms. The number of aldehydes is 1. The molecule has 0 atom stereocenters. The van der Waals surface area contributed by atoms with Crippen molar-refractivity contribution in [2.24, 2.45) is 0 Å². The van der Waals surface area contributed by atoms with E-state index in [1.54, 1.807) is 42.7 Å². The summed E-state index contributed by atoms with van der Waals surface area (Å²) in [6.07, 6.45) is 4.06. The van der Waals surface area contributed by atoms with E-state index in [-0.39, 0.29) is 0 Å². The zero-order valence-electron chi connectivity index (χ0n) is 8.26. The number of ether oxygens (including phenoxy) is 1. The van der Waals surface area contributed by atoms with E-state index in [1.807, 2.05) is 0 Å². The average molecular weight is 278 g/mol. The Morgan fingerprint density at radius 1 is 1.25 bits per heavy atom. The number of halogens is 1. The molecule has 4 heteroatoms. The lowest BCUT2D eigenvalue weighted by Crippen LogP contribution is -1.87. The van der Waals surface area contributed by atoms with Crippen molar-refractivity contribution < 1.29 is 9.53 Å². The maximum absolute atomic E-state index is 10.7. The maximum Gasteiger partial charge on any atom is 0.150 e. The van der Waals surface area contributed by atoms with Gasteiger partial charge >= 0.3 is 0 Å². The van der Waals surface area contributed by atoms with E-state index in [2.05, 4.69) is 20.9 Å². The summed E-state index contributed by atoms with van der Waals surface area (Å²) in [5, 5.41) is 0. The van der Waals surface area contributed by atoms with Crippen LogP contribution in [0.4, 0.5) is 0 Å². The van der Waals surface area contributed by atoms with Crippen molar-refractivity contribution in [2.75, 3.05) is 0 Å². The third-order valence-corrected chi connectivity index (χ3v) is 2.36. The van der Waals surface area contributed by atoms with Crippen molar-refractivity contribution in [3.8, 4) is 11.5 Å². The number of pyridine rings is 1. The van der Waals surface area contributed by atoms with Crippen LogP contribution in [0.1, 0.15) is 10.4 Å². The molecular weight excluding hydrogens is 270 g/mol. The Morgan fingerprint density at radius 2 is 2.12 bits per heavy atom.